The molecule has 180 valence electrons. The monoisotopic (exact) mass is 494 g/mol. The zero-order valence-electron chi connectivity index (χ0n) is 19.6. The largest absolute Gasteiger partial charge is 0.363 e. The highest BCUT2D eigenvalue weighted by Crippen LogP contribution is 2.48. The van der Waals surface area contributed by atoms with Crippen LogP contribution in [0.5, 0.6) is 0 Å². The van der Waals surface area contributed by atoms with Gasteiger partial charge in [-0.1, -0.05) is 11.6 Å². The SMILES string of the molecule is Cc1nc2c(-c3ccc(Cl)cc3F)nc(N3C[C@@H](c4cnn(C)c4)OC4(CC4)C3)cc2c(=O)n1C. The van der Waals surface area contributed by atoms with Gasteiger partial charge in [-0.25, -0.2) is 14.4 Å². The number of rotatable bonds is 3. The van der Waals surface area contributed by atoms with Crippen LogP contribution in [0.25, 0.3) is 22.2 Å². The maximum atomic E-state index is 15.1. The molecule has 0 amide bonds. The van der Waals surface area contributed by atoms with E-state index < -0.39 is 5.82 Å². The number of benzene rings is 1. The molecule has 0 bridgehead atoms. The first kappa shape index (κ1) is 22.2. The van der Waals surface area contributed by atoms with E-state index in [1.54, 1.807) is 36.9 Å². The minimum absolute atomic E-state index is 0.188. The van der Waals surface area contributed by atoms with E-state index in [0.29, 0.717) is 41.3 Å². The number of hydrogen-bond acceptors (Lipinski definition) is 6. The van der Waals surface area contributed by atoms with E-state index in [1.165, 1.54) is 10.6 Å². The maximum Gasteiger partial charge on any atom is 0.261 e. The number of aromatic nitrogens is 5. The molecular weight excluding hydrogens is 471 g/mol. The van der Waals surface area contributed by atoms with Crippen LogP contribution in [-0.4, -0.2) is 43.0 Å². The Morgan fingerprint density at radius 1 is 1.20 bits per heavy atom. The summed E-state index contributed by atoms with van der Waals surface area (Å²) in [5, 5.41) is 4.97. The van der Waals surface area contributed by atoms with Crippen LogP contribution in [0.2, 0.25) is 5.02 Å². The van der Waals surface area contributed by atoms with Gasteiger partial charge in [-0.3, -0.25) is 14.0 Å². The molecule has 1 saturated carbocycles. The van der Waals surface area contributed by atoms with Gasteiger partial charge in [0.15, 0.2) is 0 Å². The van der Waals surface area contributed by atoms with E-state index in [1.807, 2.05) is 19.4 Å². The van der Waals surface area contributed by atoms with Crippen LogP contribution in [0.15, 0.2) is 41.5 Å². The summed E-state index contributed by atoms with van der Waals surface area (Å²) in [6.45, 7) is 2.92. The van der Waals surface area contributed by atoms with Gasteiger partial charge in [0.05, 0.1) is 23.7 Å². The van der Waals surface area contributed by atoms with Crippen LogP contribution < -0.4 is 10.5 Å². The number of halogens is 2. The first-order valence-electron chi connectivity index (χ1n) is 11.5. The molecule has 1 spiro atoms. The predicted octanol–water partition coefficient (Wildman–Crippen LogP) is 3.94. The Morgan fingerprint density at radius 3 is 2.69 bits per heavy atom. The summed E-state index contributed by atoms with van der Waals surface area (Å²) < 4.78 is 24.8. The second-order valence-corrected chi connectivity index (χ2v) is 9.93. The maximum absolute atomic E-state index is 15.1. The highest BCUT2D eigenvalue weighted by Gasteiger charge is 2.51. The fourth-order valence-electron chi connectivity index (χ4n) is 4.76. The Balaban J connectivity index is 1.53. The molecule has 0 radical (unpaired) electrons. The zero-order valence-corrected chi connectivity index (χ0v) is 20.4. The van der Waals surface area contributed by atoms with Gasteiger partial charge in [0, 0.05) is 43.0 Å². The fourth-order valence-corrected chi connectivity index (χ4v) is 4.91. The van der Waals surface area contributed by atoms with Gasteiger partial charge in [0.2, 0.25) is 0 Å². The average Bonchev–Trinajstić information content (AvgIpc) is 3.41. The standard InChI is InChI=1S/C25H24ClFN6O2/c1-14-29-23-18(24(34)32(14)3)9-21(30-22(23)17-5-4-16(26)8-19(17)27)33-12-20(15-10-28-31(2)11-15)35-25(13-33)6-7-25/h4-5,8-11,20H,6-7,12-13H2,1-3H3/t20-/m0/s1. The number of morpholine rings is 1. The van der Waals surface area contributed by atoms with Crippen LogP contribution in [-0.2, 0) is 18.8 Å². The third kappa shape index (κ3) is 3.79. The van der Waals surface area contributed by atoms with Crippen LogP contribution in [0, 0.1) is 12.7 Å². The first-order valence-corrected chi connectivity index (χ1v) is 11.9. The topological polar surface area (TPSA) is 78.1 Å². The third-order valence-electron chi connectivity index (χ3n) is 6.95. The normalized spacial score (nSPS) is 19.0. The molecule has 1 aliphatic carbocycles. The molecule has 0 N–H and O–H groups in total. The molecule has 8 nitrogen and oxygen atoms in total. The van der Waals surface area contributed by atoms with Gasteiger partial charge in [0.25, 0.3) is 5.56 Å². The van der Waals surface area contributed by atoms with Crippen molar-refractivity contribution >= 4 is 28.3 Å². The Hall–Kier alpha value is -3.30. The molecule has 1 aromatic carbocycles. The molecule has 6 rings (SSSR count). The zero-order chi connectivity index (χ0) is 24.5. The predicted molar refractivity (Wildman–Crippen MR) is 131 cm³/mol. The Morgan fingerprint density at radius 2 is 2.00 bits per heavy atom. The van der Waals surface area contributed by atoms with Gasteiger partial charge in [-0.15, -0.1) is 0 Å². The smallest absolute Gasteiger partial charge is 0.261 e. The van der Waals surface area contributed by atoms with Gasteiger partial charge < -0.3 is 9.64 Å². The second-order valence-electron chi connectivity index (χ2n) is 9.49. The van der Waals surface area contributed by atoms with E-state index >= 15 is 4.39 Å². The van der Waals surface area contributed by atoms with Gasteiger partial charge in [-0.05, 0) is 44.0 Å². The molecule has 1 saturated heterocycles. The van der Waals surface area contributed by atoms with E-state index in [-0.39, 0.29) is 27.9 Å². The Labute approximate surface area is 205 Å². The van der Waals surface area contributed by atoms with Crippen LogP contribution in [0.1, 0.15) is 30.3 Å². The molecule has 10 heteroatoms. The highest BCUT2D eigenvalue weighted by molar-refractivity contribution is 6.30. The van der Waals surface area contributed by atoms with E-state index in [2.05, 4.69) is 15.0 Å². The highest BCUT2D eigenvalue weighted by atomic mass is 35.5. The lowest BCUT2D eigenvalue weighted by molar-refractivity contribution is -0.0455. The van der Waals surface area contributed by atoms with E-state index in [0.717, 1.165) is 18.4 Å². The summed E-state index contributed by atoms with van der Waals surface area (Å²) in [6, 6.07) is 6.21. The average molecular weight is 495 g/mol. The summed E-state index contributed by atoms with van der Waals surface area (Å²) in [6.07, 6.45) is 5.49. The molecule has 0 unspecified atom stereocenters. The molecule has 4 aromatic rings. The van der Waals surface area contributed by atoms with Gasteiger partial charge >= 0.3 is 0 Å². The van der Waals surface area contributed by atoms with Crippen LogP contribution >= 0.6 is 11.6 Å². The van der Waals surface area contributed by atoms with Crippen molar-refractivity contribution in [2.45, 2.75) is 31.5 Å². The van der Waals surface area contributed by atoms with Crippen LogP contribution in [0.3, 0.4) is 0 Å². The van der Waals surface area contributed by atoms with Crippen molar-refractivity contribution in [3.63, 3.8) is 0 Å². The lowest BCUT2D eigenvalue weighted by atomic mass is 10.1. The lowest BCUT2D eigenvalue weighted by Crippen LogP contribution is -2.46. The third-order valence-corrected chi connectivity index (χ3v) is 7.18. The Kier molecular flexibility index (Phi) is 4.98. The van der Waals surface area contributed by atoms with Gasteiger partial charge in [-0.2, -0.15) is 5.10 Å². The fraction of sp³-hybridized carbons (Fsp3) is 0.360. The first-order chi connectivity index (χ1) is 16.7. The molecule has 4 heterocycles. The Bertz CT molecular complexity index is 1540. The summed E-state index contributed by atoms with van der Waals surface area (Å²) in [7, 11) is 3.55. The van der Waals surface area contributed by atoms with E-state index in [4.69, 9.17) is 21.3 Å². The van der Waals surface area contributed by atoms with E-state index in [9.17, 15) is 4.79 Å². The second kappa shape index (κ2) is 7.86. The van der Waals surface area contributed by atoms with Gasteiger partial charge in [0.1, 0.15) is 34.8 Å². The number of anilines is 1. The molecule has 1 atom stereocenters. The quantitative estimate of drug-likeness (QED) is 0.429. The minimum atomic E-state index is -0.516. The minimum Gasteiger partial charge on any atom is -0.363 e. The number of aryl methyl sites for hydroxylation is 2. The van der Waals surface area contributed by atoms with Crippen LogP contribution in [0.4, 0.5) is 10.2 Å². The molecule has 35 heavy (non-hydrogen) atoms. The van der Waals surface area contributed by atoms with Crippen molar-refractivity contribution in [3.05, 3.63) is 69.2 Å². The van der Waals surface area contributed by atoms with Crippen molar-refractivity contribution in [3.8, 4) is 11.3 Å². The van der Waals surface area contributed by atoms with Crippen molar-refractivity contribution in [1.29, 1.82) is 0 Å². The molecule has 3 aromatic heterocycles. The summed E-state index contributed by atoms with van der Waals surface area (Å²) in [4.78, 5) is 24.9. The summed E-state index contributed by atoms with van der Waals surface area (Å²) >= 11 is 6.00. The number of nitrogens with zero attached hydrogens (tertiary/aromatic N) is 6. The molecule has 2 aliphatic rings. The van der Waals surface area contributed by atoms with Crippen molar-refractivity contribution in [2.24, 2.45) is 14.1 Å². The summed E-state index contributed by atoms with van der Waals surface area (Å²) in [5.41, 5.74) is 1.47. The number of ether oxygens (including phenoxy) is 1. The number of pyridine rings is 1. The number of fused-ring (bicyclic) bond motifs is 1. The summed E-state index contributed by atoms with van der Waals surface area (Å²) in [5.74, 6) is 0.596. The van der Waals surface area contributed by atoms with Crippen molar-refractivity contribution in [2.75, 3.05) is 18.0 Å². The molecule has 2 fully saturated rings. The number of hydrogen-bond donors (Lipinski definition) is 0. The molecule has 1 aliphatic heterocycles. The lowest BCUT2D eigenvalue weighted by Gasteiger charge is -2.39. The van der Waals surface area contributed by atoms with Crippen molar-refractivity contribution in [1.82, 2.24) is 24.3 Å². The van der Waals surface area contributed by atoms with Crippen molar-refractivity contribution < 1.29 is 9.13 Å². The molecular formula is C25H24ClFN6O2.